The minimum absolute atomic E-state index is 0.150. The Morgan fingerprint density at radius 3 is 1.84 bits per heavy atom. The highest BCUT2D eigenvalue weighted by Gasteiger charge is 2.27. The first-order valence-corrected chi connectivity index (χ1v) is 22.4. The molecule has 2 aliphatic rings. The first-order chi connectivity index (χ1) is 31.7. The molecule has 2 heteroatoms. The van der Waals surface area contributed by atoms with Gasteiger partial charge >= 0.3 is 0 Å². The number of rotatable bonds is 8. The summed E-state index contributed by atoms with van der Waals surface area (Å²) in [5, 5.41) is 6.91. The van der Waals surface area contributed by atoms with Gasteiger partial charge in [0.25, 0.3) is 0 Å². The molecule has 64 heavy (non-hydrogen) atoms. The molecule has 0 aliphatic heterocycles. The van der Waals surface area contributed by atoms with Crippen molar-refractivity contribution in [1.82, 2.24) is 0 Å². The number of benzene rings is 9. The van der Waals surface area contributed by atoms with Crippen LogP contribution in [0.2, 0.25) is 0 Å². The molecule has 0 amide bonds. The lowest BCUT2D eigenvalue weighted by Gasteiger charge is -2.28. The molecule has 2 aliphatic carbocycles. The Morgan fingerprint density at radius 2 is 1.09 bits per heavy atom. The van der Waals surface area contributed by atoms with Crippen molar-refractivity contribution < 1.29 is 4.42 Å². The van der Waals surface area contributed by atoms with Gasteiger partial charge in [-0.2, -0.15) is 0 Å². The third-order valence-corrected chi connectivity index (χ3v) is 13.3. The third-order valence-electron chi connectivity index (χ3n) is 13.3. The average molecular weight is 820 g/mol. The number of nitrogens with zero attached hydrogens (tertiary/aromatic N) is 1. The van der Waals surface area contributed by atoms with E-state index in [0.717, 1.165) is 62.6 Å². The van der Waals surface area contributed by atoms with E-state index in [9.17, 15) is 0 Å². The minimum Gasteiger partial charge on any atom is -0.455 e. The summed E-state index contributed by atoms with van der Waals surface area (Å²) in [4.78, 5) is 2.43. The van der Waals surface area contributed by atoms with Crippen LogP contribution in [0.5, 0.6) is 0 Å². The van der Waals surface area contributed by atoms with Crippen LogP contribution >= 0.6 is 0 Å². The zero-order valence-corrected chi connectivity index (χ0v) is 35.4. The van der Waals surface area contributed by atoms with E-state index in [0.29, 0.717) is 0 Å². The molecule has 0 saturated heterocycles. The highest BCUT2D eigenvalue weighted by Crippen LogP contribution is 2.48. The van der Waals surface area contributed by atoms with Gasteiger partial charge in [-0.05, 0) is 111 Å². The molecule has 0 spiro atoms. The van der Waals surface area contributed by atoms with Crippen LogP contribution in [0, 0.1) is 0 Å². The molecule has 2 unspecified atom stereocenters. The first kappa shape index (κ1) is 37.8. The summed E-state index contributed by atoms with van der Waals surface area (Å²) in [6.45, 7) is 0. The predicted molar refractivity (Wildman–Crippen MR) is 271 cm³/mol. The van der Waals surface area contributed by atoms with Crippen molar-refractivity contribution in [1.29, 1.82) is 0 Å². The Balaban J connectivity index is 1.07. The summed E-state index contributed by atoms with van der Waals surface area (Å²) < 4.78 is 7.15. The van der Waals surface area contributed by atoms with Gasteiger partial charge in [-0.25, -0.2) is 0 Å². The Bertz CT molecular complexity index is 3480. The molecule has 0 radical (unpaired) electrons. The third kappa shape index (κ3) is 6.85. The predicted octanol–water partition coefficient (Wildman–Crippen LogP) is 17.3. The van der Waals surface area contributed by atoms with Gasteiger partial charge in [0.2, 0.25) is 0 Å². The minimum atomic E-state index is 0.150. The summed E-state index contributed by atoms with van der Waals surface area (Å²) in [5.74, 6) is 0.392. The van der Waals surface area contributed by atoms with E-state index < -0.39 is 0 Å². The molecule has 304 valence electrons. The summed E-state index contributed by atoms with van der Waals surface area (Å²) in [6, 6.07) is 72.8. The van der Waals surface area contributed by atoms with Crippen LogP contribution in [0.3, 0.4) is 0 Å². The van der Waals surface area contributed by atoms with Gasteiger partial charge in [0.1, 0.15) is 11.2 Å². The molecule has 1 aromatic heterocycles. The first-order valence-electron chi connectivity index (χ1n) is 22.4. The highest BCUT2D eigenvalue weighted by molar-refractivity contribution is 6.20. The highest BCUT2D eigenvalue weighted by atomic mass is 16.3. The van der Waals surface area contributed by atoms with Crippen molar-refractivity contribution in [3.05, 3.63) is 259 Å². The summed E-state index contributed by atoms with van der Waals surface area (Å²) in [7, 11) is 0. The van der Waals surface area contributed by atoms with Crippen LogP contribution in [0.25, 0.3) is 65.8 Å². The quantitative estimate of drug-likeness (QED) is 0.152. The Labute approximate surface area is 374 Å². The van der Waals surface area contributed by atoms with Gasteiger partial charge in [-0.1, -0.05) is 194 Å². The smallest absolute Gasteiger partial charge is 0.143 e. The zero-order valence-electron chi connectivity index (χ0n) is 35.4. The summed E-state index contributed by atoms with van der Waals surface area (Å²) in [6.07, 6.45) is 15.8. The van der Waals surface area contributed by atoms with Crippen molar-refractivity contribution in [2.75, 3.05) is 4.90 Å². The molecule has 0 N–H and O–H groups in total. The molecule has 2 atom stereocenters. The van der Waals surface area contributed by atoms with E-state index in [1.165, 1.54) is 55.3 Å². The van der Waals surface area contributed by atoms with Crippen LogP contribution in [0.4, 0.5) is 17.1 Å². The molecule has 1 heterocycles. The van der Waals surface area contributed by atoms with E-state index in [-0.39, 0.29) is 11.8 Å². The zero-order chi connectivity index (χ0) is 42.4. The van der Waals surface area contributed by atoms with Gasteiger partial charge in [-0.15, -0.1) is 0 Å². The lowest BCUT2D eigenvalue weighted by Crippen LogP contribution is -2.10. The number of fused-ring (bicyclic) bond motifs is 6. The van der Waals surface area contributed by atoms with Crippen LogP contribution in [-0.2, 0) is 0 Å². The van der Waals surface area contributed by atoms with E-state index in [4.69, 9.17) is 4.42 Å². The van der Waals surface area contributed by atoms with E-state index >= 15 is 0 Å². The molecule has 2 nitrogen and oxygen atoms in total. The summed E-state index contributed by atoms with van der Waals surface area (Å²) >= 11 is 0. The second-order valence-electron chi connectivity index (χ2n) is 17.2. The Hall–Kier alpha value is -7.94. The molecule has 0 bridgehead atoms. The molecule has 0 saturated carbocycles. The SMILES string of the molecule is C1=CCC(c2cc3c(cc2C2C=C(c4ccccc4)C=C(c4ccccc4)C2)oc2c4ccccc4c(N(c4ccc(-c5ccccc5)cc4)c4ccc5ccccc5c4)cc32)C=C1. The van der Waals surface area contributed by atoms with Crippen molar-refractivity contribution in [2.45, 2.75) is 24.7 Å². The largest absolute Gasteiger partial charge is 0.455 e. The number of hydrogen-bond acceptors (Lipinski definition) is 2. The maximum atomic E-state index is 7.15. The summed E-state index contributed by atoms with van der Waals surface area (Å²) in [5.41, 5.74) is 15.3. The molecule has 10 aromatic rings. The standard InChI is InChI=1S/C62H45NO/c1-5-17-42(18-6-1)46-29-32-52(33-30-46)63(53-34-31-45-23-13-14-26-48(45)38-53)60-40-59-58-39-56(47-24-11-4-12-25-47)57(41-61(58)64-62(59)55-28-16-15-27-54(55)60)51-36-49(43-19-7-2-8-20-43)35-50(37-51)44-21-9-3-10-22-44/h1-24,26-36,38-41,47,51H,25,37H2. The van der Waals surface area contributed by atoms with Gasteiger partial charge < -0.3 is 9.32 Å². The maximum Gasteiger partial charge on any atom is 0.143 e. The lowest BCUT2D eigenvalue weighted by molar-refractivity contribution is 0.670. The monoisotopic (exact) mass is 819 g/mol. The Kier molecular flexibility index (Phi) is 9.49. The molecule has 0 fully saturated rings. The van der Waals surface area contributed by atoms with E-state index in [1.807, 2.05) is 0 Å². The van der Waals surface area contributed by atoms with Gasteiger partial charge in [0, 0.05) is 44.8 Å². The fourth-order valence-corrected chi connectivity index (χ4v) is 10.1. The van der Waals surface area contributed by atoms with Crippen LogP contribution in [0.15, 0.2) is 241 Å². The van der Waals surface area contributed by atoms with Crippen molar-refractivity contribution in [3.8, 4) is 11.1 Å². The van der Waals surface area contributed by atoms with Crippen molar-refractivity contribution >= 4 is 71.7 Å². The fraction of sp³-hybridized carbons (Fsp3) is 0.0645. The van der Waals surface area contributed by atoms with Gasteiger partial charge in [0.15, 0.2) is 0 Å². The normalized spacial score (nSPS) is 16.1. The van der Waals surface area contributed by atoms with Crippen LogP contribution in [-0.4, -0.2) is 0 Å². The average Bonchev–Trinajstić information content (AvgIpc) is 3.75. The lowest BCUT2D eigenvalue weighted by atomic mass is 9.77. The number of furan rings is 1. The van der Waals surface area contributed by atoms with Gasteiger partial charge in [-0.3, -0.25) is 0 Å². The Morgan fingerprint density at radius 1 is 0.453 bits per heavy atom. The van der Waals surface area contributed by atoms with E-state index in [1.54, 1.807) is 0 Å². The molecular weight excluding hydrogens is 775 g/mol. The number of hydrogen-bond donors (Lipinski definition) is 0. The van der Waals surface area contributed by atoms with Gasteiger partial charge in [0.05, 0.1) is 5.69 Å². The molecule has 12 rings (SSSR count). The van der Waals surface area contributed by atoms with Crippen LogP contribution in [0.1, 0.15) is 46.9 Å². The molecule has 9 aromatic carbocycles. The van der Waals surface area contributed by atoms with Crippen LogP contribution < -0.4 is 4.90 Å². The van der Waals surface area contributed by atoms with Crippen molar-refractivity contribution in [3.63, 3.8) is 0 Å². The van der Waals surface area contributed by atoms with Crippen molar-refractivity contribution in [2.24, 2.45) is 0 Å². The number of anilines is 3. The van der Waals surface area contributed by atoms with E-state index in [2.05, 4.69) is 242 Å². The second-order valence-corrected chi connectivity index (χ2v) is 17.2. The molecular formula is C62H45NO. The topological polar surface area (TPSA) is 16.4 Å². The fourth-order valence-electron chi connectivity index (χ4n) is 10.1. The maximum absolute atomic E-state index is 7.15. The number of allylic oxidation sites excluding steroid dienone is 8. The second kappa shape index (κ2) is 16.1.